The first kappa shape index (κ1) is 15.2. The molecule has 2 aliphatic rings. The Labute approximate surface area is 134 Å². The van der Waals surface area contributed by atoms with E-state index >= 15 is 0 Å². The quantitative estimate of drug-likeness (QED) is 0.895. The van der Waals surface area contributed by atoms with Gasteiger partial charge in [0.1, 0.15) is 5.01 Å². The lowest BCUT2D eigenvalue weighted by Crippen LogP contribution is -2.32. The molecule has 2 nitrogen and oxygen atoms in total. The topological polar surface area (TPSA) is 24.9 Å². The summed E-state index contributed by atoms with van der Waals surface area (Å²) in [6.07, 6.45) is 2.38. The zero-order chi connectivity index (χ0) is 14.2. The van der Waals surface area contributed by atoms with Crippen molar-refractivity contribution >= 4 is 34.9 Å². The van der Waals surface area contributed by atoms with Crippen LogP contribution < -0.4 is 5.32 Å². The third-order valence-electron chi connectivity index (χ3n) is 4.01. The summed E-state index contributed by atoms with van der Waals surface area (Å²) in [7, 11) is 0. The van der Waals surface area contributed by atoms with E-state index < -0.39 is 0 Å². The molecule has 1 aromatic rings. The van der Waals surface area contributed by atoms with E-state index in [4.69, 9.17) is 4.98 Å². The van der Waals surface area contributed by atoms with E-state index in [0.29, 0.717) is 16.7 Å². The van der Waals surface area contributed by atoms with Gasteiger partial charge < -0.3 is 5.32 Å². The second-order valence-electron chi connectivity index (χ2n) is 6.45. The normalized spacial score (nSPS) is 29.1. The molecule has 20 heavy (non-hydrogen) atoms. The van der Waals surface area contributed by atoms with E-state index in [-0.39, 0.29) is 0 Å². The average molecular weight is 329 g/mol. The number of hydrogen-bond donors (Lipinski definition) is 1. The highest BCUT2D eigenvalue weighted by molar-refractivity contribution is 8.06. The van der Waals surface area contributed by atoms with Crippen molar-refractivity contribution in [3.8, 4) is 0 Å². The molecule has 0 bridgehead atoms. The Morgan fingerprint density at radius 2 is 2.20 bits per heavy atom. The SMILES string of the molecule is CCNC1CC(C)(C)Cc2nc(C3CSCCS3)sc21. The minimum atomic E-state index is 0.375. The van der Waals surface area contributed by atoms with Crippen molar-refractivity contribution in [2.45, 2.75) is 44.9 Å². The summed E-state index contributed by atoms with van der Waals surface area (Å²) in [5.41, 5.74) is 1.75. The molecule has 0 saturated carbocycles. The molecule has 3 rings (SSSR count). The molecule has 1 saturated heterocycles. The summed E-state index contributed by atoms with van der Waals surface area (Å²) in [4.78, 5) is 6.57. The first-order valence-corrected chi connectivity index (χ1v) is 10.5. The Morgan fingerprint density at radius 3 is 2.90 bits per heavy atom. The molecule has 0 amide bonds. The van der Waals surface area contributed by atoms with E-state index in [1.165, 1.54) is 39.3 Å². The van der Waals surface area contributed by atoms with Gasteiger partial charge in [0.05, 0.1) is 10.9 Å². The maximum atomic E-state index is 5.05. The van der Waals surface area contributed by atoms with Crippen LogP contribution >= 0.6 is 34.9 Å². The molecule has 2 atom stereocenters. The molecule has 112 valence electrons. The second-order valence-corrected chi connectivity index (χ2v) is 9.98. The van der Waals surface area contributed by atoms with Gasteiger partial charge in [-0.2, -0.15) is 11.8 Å². The number of rotatable bonds is 3. The van der Waals surface area contributed by atoms with Crippen molar-refractivity contribution < 1.29 is 0 Å². The third kappa shape index (κ3) is 3.21. The van der Waals surface area contributed by atoms with Crippen LogP contribution in [0.2, 0.25) is 0 Å². The van der Waals surface area contributed by atoms with Crippen molar-refractivity contribution in [1.29, 1.82) is 0 Å². The standard InChI is InChI=1S/C15H24N2S3/c1-4-16-10-7-15(2,3)8-11-13(10)20-14(17-11)12-9-18-5-6-19-12/h10,12,16H,4-9H2,1-3H3. The first-order valence-electron chi connectivity index (χ1n) is 7.51. The van der Waals surface area contributed by atoms with E-state index in [1.54, 1.807) is 0 Å². The van der Waals surface area contributed by atoms with Gasteiger partial charge in [0.2, 0.25) is 0 Å². The molecule has 1 fully saturated rings. The highest BCUT2D eigenvalue weighted by Crippen LogP contribution is 2.46. The molecule has 0 spiro atoms. The van der Waals surface area contributed by atoms with Gasteiger partial charge >= 0.3 is 0 Å². The second kappa shape index (κ2) is 6.19. The van der Waals surface area contributed by atoms with Crippen molar-refractivity contribution in [3.05, 3.63) is 15.6 Å². The number of aromatic nitrogens is 1. The zero-order valence-electron chi connectivity index (χ0n) is 12.6. The van der Waals surface area contributed by atoms with Gasteiger partial charge in [-0.1, -0.05) is 20.8 Å². The summed E-state index contributed by atoms with van der Waals surface area (Å²) >= 11 is 6.17. The molecule has 1 aliphatic carbocycles. The molecule has 2 unspecified atom stereocenters. The molecule has 0 radical (unpaired) electrons. The highest BCUT2D eigenvalue weighted by Gasteiger charge is 2.35. The van der Waals surface area contributed by atoms with Crippen LogP contribution in [0, 0.1) is 5.41 Å². The summed E-state index contributed by atoms with van der Waals surface area (Å²) < 4.78 is 0. The summed E-state index contributed by atoms with van der Waals surface area (Å²) in [5, 5.41) is 5.69. The van der Waals surface area contributed by atoms with Crippen molar-refractivity contribution in [3.63, 3.8) is 0 Å². The Morgan fingerprint density at radius 1 is 1.35 bits per heavy atom. The summed E-state index contributed by atoms with van der Waals surface area (Å²) in [5.74, 6) is 3.83. The van der Waals surface area contributed by atoms with E-state index in [2.05, 4.69) is 49.6 Å². The fraction of sp³-hybridized carbons (Fsp3) is 0.800. The number of nitrogens with zero attached hydrogens (tertiary/aromatic N) is 1. The fourth-order valence-electron chi connectivity index (χ4n) is 3.13. The highest BCUT2D eigenvalue weighted by atomic mass is 32.2. The minimum absolute atomic E-state index is 0.375. The van der Waals surface area contributed by atoms with E-state index in [9.17, 15) is 0 Å². The van der Waals surface area contributed by atoms with Crippen LogP contribution in [0.25, 0.3) is 0 Å². The lowest BCUT2D eigenvalue weighted by atomic mass is 9.76. The lowest BCUT2D eigenvalue weighted by molar-refractivity contribution is 0.260. The molecule has 1 N–H and O–H groups in total. The van der Waals surface area contributed by atoms with Crippen LogP contribution in [-0.2, 0) is 6.42 Å². The third-order valence-corrected chi connectivity index (χ3v) is 8.24. The van der Waals surface area contributed by atoms with E-state index in [1.807, 2.05) is 11.3 Å². The van der Waals surface area contributed by atoms with Gasteiger partial charge in [-0.05, 0) is 24.8 Å². The van der Waals surface area contributed by atoms with Crippen molar-refractivity contribution in [1.82, 2.24) is 10.3 Å². The average Bonchev–Trinajstić information content (AvgIpc) is 2.82. The zero-order valence-corrected chi connectivity index (χ0v) is 15.0. The Bertz CT molecular complexity index is 464. The van der Waals surface area contributed by atoms with Gasteiger partial charge in [-0.15, -0.1) is 23.1 Å². The summed E-state index contributed by atoms with van der Waals surface area (Å²) in [6, 6.07) is 0.520. The number of hydrogen-bond acceptors (Lipinski definition) is 5. The lowest BCUT2D eigenvalue weighted by Gasteiger charge is -2.34. The number of thioether (sulfide) groups is 2. The number of nitrogens with one attached hydrogen (secondary N) is 1. The van der Waals surface area contributed by atoms with Gasteiger partial charge in [0, 0.05) is 28.2 Å². The molecule has 1 aliphatic heterocycles. The van der Waals surface area contributed by atoms with Crippen molar-refractivity contribution in [2.24, 2.45) is 5.41 Å². The maximum Gasteiger partial charge on any atom is 0.107 e. The summed E-state index contributed by atoms with van der Waals surface area (Å²) in [6.45, 7) is 8.01. The number of thiazole rings is 1. The largest absolute Gasteiger partial charge is 0.309 e. The molecule has 0 aromatic carbocycles. The van der Waals surface area contributed by atoms with Crippen LogP contribution in [0.15, 0.2) is 0 Å². The Balaban J connectivity index is 1.87. The predicted molar refractivity (Wildman–Crippen MR) is 93.2 cm³/mol. The van der Waals surface area contributed by atoms with Gasteiger partial charge in [0.15, 0.2) is 0 Å². The van der Waals surface area contributed by atoms with Gasteiger partial charge in [0.25, 0.3) is 0 Å². The molecule has 2 heterocycles. The maximum absolute atomic E-state index is 5.05. The van der Waals surface area contributed by atoms with Crippen LogP contribution in [0.5, 0.6) is 0 Å². The van der Waals surface area contributed by atoms with Crippen LogP contribution in [-0.4, -0.2) is 28.8 Å². The number of fused-ring (bicyclic) bond motifs is 1. The first-order chi connectivity index (χ1) is 9.59. The predicted octanol–water partition coefficient (Wildman–Crippen LogP) is 4.29. The van der Waals surface area contributed by atoms with Crippen LogP contribution in [0.1, 0.15) is 54.1 Å². The van der Waals surface area contributed by atoms with Crippen LogP contribution in [0.3, 0.4) is 0 Å². The molecule has 1 aromatic heterocycles. The molecule has 5 heteroatoms. The monoisotopic (exact) mass is 328 g/mol. The Hall–Kier alpha value is 0.290. The Kier molecular flexibility index (Phi) is 4.70. The fourth-order valence-corrected chi connectivity index (χ4v) is 7.27. The smallest absolute Gasteiger partial charge is 0.107 e. The minimum Gasteiger partial charge on any atom is -0.309 e. The van der Waals surface area contributed by atoms with Crippen molar-refractivity contribution in [2.75, 3.05) is 23.8 Å². The van der Waals surface area contributed by atoms with E-state index in [0.717, 1.165) is 13.0 Å². The molecular weight excluding hydrogens is 304 g/mol. The van der Waals surface area contributed by atoms with Gasteiger partial charge in [-0.25, -0.2) is 4.98 Å². The molecular formula is C15H24N2S3. The van der Waals surface area contributed by atoms with Crippen LogP contribution in [0.4, 0.5) is 0 Å². The van der Waals surface area contributed by atoms with Gasteiger partial charge in [-0.3, -0.25) is 0 Å².